The van der Waals surface area contributed by atoms with Crippen LogP contribution in [0.25, 0.3) is 0 Å². The first-order valence-corrected chi connectivity index (χ1v) is 15.0. The Bertz CT molecular complexity index is 992. The third-order valence-corrected chi connectivity index (χ3v) is 10.7. The number of nitroso groups, excluding NO2 is 1. The van der Waals surface area contributed by atoms with Crippen LogP contribution < -0.4 is 5.32 Å². The predicted molar refractivity (Wildman–Crippen MR) is 146 cm³/mol. The average molecular weight is 529 g/mol. The molecule has 2 amide bonds. The van der Waals surface area contributed by atoms with E-state index in [4.69, 9.17) is 4.99 Å². The number of rotatable bonds is 8. The zero-order valence-corrected chi connectivity index (χ0v) is 23.3. The minimum atomic E-state index is -0.636. The molecule has 1 heterocycles. The zero-order chi connectivity index (χ0) is 27.0. The number of carbonyl (C=O) groups excluding carboxylic acids is 2. The standard InChI is InChI=1S/C30H45FN4O3/c1-18(27(36)34-38)15-20-5-12-25-26(16-20)35(3)29(32-25)30(13-4-14-30)33-28(37)22-8-6-21(7-9-22)19(2)23-10-11-24(31)17-23/h6,18-20,22-26H,4-5,7-17H2,1-3H3,(H,33,37). The Morgan fingerprint density at radius 2 is 1.97 bits per heavy atom. The van der Waals surface area contributed by atoms with Crippen LogP contribution in [0.15, 0.2) is 21.8 Å². The molecule has 38 heavy (non-hydrogen) atoms. The van der Waals surface area contributed by atoms with Gasteiger partial charge >= 0.3 is 0 Å². The lowest BCUT2D eigenvalue weighted by molar-refractivity contribution is -0.127. The molecular weight excluding hydrogens is 483 g/mol. The maximum atomic E-state index is 13.7. The van der Waals surface area contributed by atoms with E-state index in [9.17, 15) is 18.9 Å². The van der Waals surface area contributed by atoms with E-state index in [1.54, 1.807) is 6.92 Å². The van der Waals surface area contributed by atoms with Crippen LogP contribution in [0.1, 0.15) is 97.3 Å². The van der Waals surface area contributed by atoms with E-state index in [1.165, 1.54) is 5.57 Å². The molecule has 8 heteroatoms. The molecule has 0 aromatic heterocycles. The van der Waals surface area contributed by atoms with Gasteiger partial charge < -0.3 is 10.2 Å². The van der Waals surface area contributed by atoms with Gasteiger partial charge in [0.05, 0.1) is 17.6 Å². The van der Waals surface area contributed by atoms with Gasteiger partial charge in [-0.3, -0.25) is 14.6 Å². The summed E-state index contributed by atoms with van der Waals surface area (Å²) < 4.78 is 13.7. The molecule has 5 rings (SSSR count). The Balaban J connectivity index is 1.18. The number of nitrogens with one attached hydrogen (secondary N) is 1. The first-order chi connectivity index (χ1) is 18.2. The fourth-order valence-corrected chi connectivity index (χ4v) is 8.05. The van der Waals surface area contributed by atoms with E-state index < -0.39 is 12.1 Å². The van der Waals surface area contributed by atoms with E-state index in [2.05, 4.69) is 35.4 Å². The number of halogens is 1. The molecule has 0 bridgehead atoms. The summed E-state index contributed by atoms with van der Waals surface area (Å²) in [5.41, 5.74) is 1.06. The Morgan fingerprint density at radius 3 is 2.58 bits per heavy atom. The van der Waals surface area contributed by atoms with Crippen LogP contribution in [0.2, 0.25) is 0 Å². The topological polar surface area (TPSA) is 91.2 Å². The van der Waals surface area contributed by atoms with Gasteiger partial charge in [0.15, 0.2) is 0 Å². The second-order valence-electron chi connectivity index (χ2n) is 13.1. The van der Waals surface area contributed by atoms with Crippen molar-refractivity contribution in [2.24, 2.45) is 39.8 Å². The molecule has 8 atom stereocenters. The average Bonchev–Trinajstić information content (AvgIpc) is 3.48. The summed E-state index contributed by atoms with van der Waals surface area (Å²) in [5, 5.41) is 6.09. The van der Waals surface area contributed by atoms with Crippen molar-refractivity contribution < 1.29 is 14.0 Å². The lowest BCUT2D eigenvalue weighted by atomic mass is 9.73. The molecule has 3 fully saturated rings. The van der Waals surface area contributed by atoms with Crippen LogP contribution in [0.5, 0.6) is 0 Å². The maximum absolute atomic E-state index is 13.7. The van der Waals surface area contributed by atoms with Gasteiger partial charge in [0.1, 0.15) is 12.0 Å². The number of likely N-dealkylation sites (N-methyl/N-ethyl adjacent to an activating group) is 1. The van der Waals surface area contributed by atoms with Crippen LogP contribution in [0.4, 0.5) is 4.39 Å². The van der Waals surface area contributed by atoms with Gasteiger partial charge in [-0.25, -0.2) is 4.39 Å². The molecule has 0 aromatic carbocycles. The first-order valence-electron chi connectivity index (χ1n) is 15.0. The van der Waals surface area contributed by atoms with Gasteiger partial charge in [-0.1, -0.05) is 25.5 Å². The summed E-state index contributed by atoms with van der Waals surface area (Å²) in [5.74, 6) is 1.55. The molecule has 0 aromatic rings. The third-order valence-electron chi connectivity index (χ3n) is 10.7. The van der Waals surface area contributed by atoms with Crippen molar-refractivity contribution >= 4 is 17.6 Å². The summed E-state index contributed by atoms with van der Waals surface area (Å²) in [6.45, 7) is 4.04. The molecule has 0 spiro atoms. The normalized spacial score (nSPS) is 35.8. The second-order valence-corrected chi connectivity index (χ2v) is 13.1. The van der Waals surface area contributed by atoms with Gasteiger partial charge in [0.2, 0.25) is 5.91 Å². The highest BCUT2D eigenvalue weighted by Gasteiger charge is 2.51. The molecule has 3 saturated carbocycles. The van der Waals surface area contributed by atoms with Gasteiger partial charge in [-0.05, 0) is 101 Å². The molecular formula is C30H45FN4O3. The van der Waals surface area contributed by atoms with E-state index >= 15 is 0 Å². The highest BCUT2D eigenvalue weighted by Crippen LogP contribution is 2.44. The molecule has 4 aliphatic carbocycles. The largest absolute Gasteiger partial charge is 0.356 e. The Morgan fingerprint density at radius 1 is 1.18 bits per heavy atom. The summed E-state index contributed by atoms with van der Waals surface area (Å²) in [6.07, 6.45) is 13.2. The number of hydrogen-bond donors (Lipinski definition) is 1. The number of alkyl halides is 1. The van der Waals surface area contributed by atoms with Crippen molar-refractivity contribution in [2.75, 3.05) is 7.05 Å². The summed E-state index contributed by atoms with van der Waals surface area (Å²) >= 11 is 0. The molecule has 0 saturated heterocycles. The SMILES string of the molecule is CC(CC1CCC2N=C(C3(NC(=O)C4CC=C(C(C)C5CCC(F)C5)CC4)CCC3)N(C)C2C1)C(=O)N=O. The van der Waals surface area contributed by atoms with Crippen molar-refractivity contribution in [1.29, 1.82) is 0 Å². The molecule has 0 radical (unpaired) electrons. The number of aliphatic imine (C=N–C) groups is 1. The fourth-order valence-electron chi connectivity index (χ4n) is 8.05. The van der Waals surface area contributed by atoms with Crippen molar-refractivity contribution in [3.63, 3.8) is 0 Å². The quantitative estimate of drug-likeness (QED) is 0.322. The summed E-state index contributed by atoms with van der Waals surface area (Å²) in [6, 6.07) is 0.516. The van der Waals surface area contributed by atoms with E-state index in [-0.39, 0.29) is 35.4 Å². The lowest BCUT2D eigenvalue weighted by Gasteiger charge is -2.46. The molecule has 210 valence electrons. The third kappa shape index (κ3) is 5.33. The number of amidine groups is 1. The van der Waals surface area contributed by atoms with Crippen LogP contribution in [0, 0.1) is 34.5 Å². The molecule has 1 N–H and O–H groups in total. The molecule has 1 aliphatic heterocycles. The Labute approximate surface area is 226 Å². The van der Waals surface area contributed by atoms with E-state index in [0.717, 1.165) is 70.0 Å². The van der Waals surface area contributed by atoms with E-state index in [0.29, 0.717) is 37.0 Å². The highest BCUT2D eigenvalue weighted by atomic mass is 19.1. The smallest absolute Gasteiger partial charge is 0.289 e. The highest BCUT2D eigenvalue weighted by molar-refractivity contribution is 5.98. The number of hydrogen-bond acceptors (Lipinski definition) is 5. The zero-order valence-electron chi connectivity index (χ0n) is 23.3. The Hall–Kier alpha value is -2.12. The summed E-state index contributed by atoms with van der Waals surface area (Å²) in [4.78, 5) is 43.3. The number of amides is 2. The van der Waals surface area contributed by atoms with Crippen LogP contribution in [0.3, 0.4) is 0 Å². The van der Waals surface area contributed by atoms with Gasteiger partial charge in [-0.15, -0.1) is 4.91 Å². The van der Waals surface area contributed by atoms with Crippen LogP contribution in [-0.2, 0) is 9.59 Å². The van der Waals surface area contributed by atoms with Crippen molar-refractivity contribution in [3.8, 4) is 0 Å². The van der Waals surface area contributed by atoms with Crippen molar-refractivity contribution in [2.45, 2.75) is 121 Å². The Kier molecular flexibility index (Phi) is 8.07. The number of carbonyl (C=O) groups is 2. The van der Waals surface area contributed by atoms with Gasteiger partial charge in [0, 0.05) is 24.1 Å². The van der Waals surface area contributed by atoms with Crippen molar-refractivity contribution in [3.05, 3.63) is 16.6 Å². The van der Waals surface area contributed by atoms with E-state index in [1.807, 2.05) is 0 Å². The molecule has 7 nitrogen and oxygen atoms in total. The summed E-state index contributed by atoms with van der Waals surface area (Å²) in [7, 11) is 2.11. The number of allylic oxidation sites excluding steroid dienone is 2. The number of fused-ring (bicyclic) bond motifs is 1. The van der Waals surface area contributed by atoms with Crippen molar-refractivity contribution in [1.82, 2.24) is 10.2 Å². The molecule has 8 unspecified atom stereocenters. The van der Waals surface area contributed by atoms with Crippen LogP contribution in [-0.4, -0.2) is 53.4 Å². The monoisotopic (exact) mass is 528 g/mol. The van der Waals surface area contributed by atoms with Crippen LogP contribution >= 0.6 is 0 Å². The maximum Gasteiger partial charge on any atom is 0.289 e. The molecule has 5 aliphatic rings. The minimum absolute atomic E-state index is 0.00894. The van der Waals surface area contributed by atoms with Gasteiger partial charge in [-0.2, -0.15) is 0 Å². The predicted octanol–water partition coefficient (Wildman–Crippen LogP) is 5.73. The fraction of sp³-hybridized carbons (Fsp3) is 0.833. The second kappa shape index (κ2) is 11.2. The minimum Gasteiger partial charge on any atom is -0.356 e. The lowest BCUT2D eigenvalue weighted by Crippen LogP contribution is -2.63. The number of nitrogens with zero attached hydrogens (tertiary/aromatic N) is 3. The first kappa shape index (κ1) is 27.4. The van der Waals surface area contributed by atoms with Gasteiger partial charge in [0.25, 0.3) is 5.91 Å².